The maximum Gasteiger partial charge on any atom is 0.255 e. The lowest BCUT2D eigenvalue weighted by Gasteiger charge is -2.57. The van der Waals surface area contributed by atoms with Gasteiger partial charge in [0, 0.05) is 32.2 Å². The molecule has 0 amide bonds. The third-order valence-corrected chi connectivity index (χ3v) is 23.3. The quantitative estimate of drug-likeness (QED) is 0.153. The molecule has 0 radical (unpaired) electrons. The van der Waals surface area contributed by atoms with Crippen molar-refractivity contribution in [2.45, 2.75) is 199 Å². The Bertz CT molecular complexity index is 5650. The normalized spacial score (nSPS) is 27.1. The molecule has 5 heteroatoms. The Labute approximate surface area is 562 Å². The van der Waals surface area contributed by atoms with Gasteiger partial charge in [0.15, 0.2) is 0 Å². The van der Waals surface area contributed by atoms with Gasteiger partial charge in [0.2, 0.25) is 0 Å². The first-order valence-corrected chi connectivity index (χ1v) is 33.1. The molecular weight excluding hydrogens is 1090 g/mol. The number of anilines is 6. The summed E-state index contributed by atoms with van der Waals surface area (Å²) in [5.41, 5.74) is -6.65. The third kappa shape index (κ3) is 8.78. The molecule has 4 fully saturated rings. The number of hydrogen-bond acceptors (Lipinski definition) is 4. The van der Waals surface area contributed by atoms with Gasteiger partial charge in [0.05, 0.1) is 48.6 Å². The fraction of sp³-hybridized carbons (Fsp3) is 0.415. The highest BCUT2D eigenvalue weighted by Crippen LogP contribution is 2.63. The third-order valence-electron chi connectivity index (χ3n) is 21.1. The Balaban J connectivity index is 1.17. The summed E-state index contributed by atoms with van der Waals surface area (Å²) < 4.78 is 247. The van der Waals surface area contributed by atoms with Crippen molar-refractivity contribution in [2.24, 2.45) is 17.8 Å². The number of benzene rings is 7. The van der Waals surface area contributed by atoms with Crippen molar-refractivity contribution in [1.82, 2.24) is 0 Å². The summed E-state index contributed by atoms with van der Waals surface area (Å²) >= 11 is 1.92. The Morgan fingerprint density at radius 2 is 0.989 bits per heavy atom. The lowest BCUT2D eigenvalue weighted by molar-refractivity contribution is -0.00514. The molecule has 0 spiro atoms. The largest absolute Gasteiger partial charge is 0.303 e. The van der Waals surface area contributed by atoms with Crippen LogP contribution in [0.3, 0.4) is 0 Å². The first-order chi connectivity index (χ1) is 51.3. The summed E-state index contributed by atoms with van der Waals surface area (Å²) in [5.74, 6) is 0.424. The molecule has 0 atom stereocenters. The number of rotatable bonds is 6. The summed E-state index contributed by atoms with van der Waals surface area (Å²) in [6.45, 7) is 25.0. The molecule has 8 aliphatic rings. The molecule has 2 aromatic heterocycles. The highest BCUT2D eigenvalue weighted by Gasteiger charge is 2.54. The zero-order chi connectivity index (χ0) is 81.2. The molecule has 2 aliphatic heterocycles. The minimum absolute atomic E-state index is 0.00729. The van der Waals surface area contributed by atoms with Crippen LogP contribution in [0.1, 0.15) is 233 Å². The fourth-order valence-electron chi connectivity index (χ4n) is 16.3. The minimum atomic E-state index is -1.50. The first kappa shape index (κ1) is 35.9. The van der Waals surface area contributed by atoms with Crippen LogP contribution >= 0.6 is 22.7 Å². The van der Waals surface area contributed by atoms with E-state index in [1.807, 2.05) is 55.4 Å². The van der Waals surface area contributed by atoms with Gasteiger partial charge in [-0.2, -0.15) is 0 Å². The van der Waals surface area contributed by atoms with Crippen LogP contribution in [-0.2, 0) is 37.9 Å². The van der Waals surface area contributed by atoms with Gasteiger partial charge < -0.3 is 9.80 Å². The molecule has 2 nitrogen and oxygen atoms in total. The Hall–Kier alpha value is -6.14. The van der Waals surface area contributed by atoms with Crippen molar-refractivity contribution in [3.05, 3.63) is 184 Å². The lowest BCUT2D eigenvalue weighted by Crippen LogP contribution is -2.60. The summed E-state index contributed by atoms with van der Waals surface area (Å²) in [5, 5.41) is 0.279. The average Bonchev–Trinajstić information content (AvgIpc) is 1.61. The number of thiophene rings is 2. The molecule has 17 rings (SSSR count). The van der Waals surface area contributed by atoms with Gasteiger partial charge in [0.25, 0.3) is 6.71 Å². The van der Waals surface area contributed by atoms with Crippen molar-refractivity contribution >= 4 is 88.6 Å². The van der Waals surface area contributed by atoms with Gasteiger partial charge in [0.1, 0.15) is 0 Å². The molecule has 0 N–H and O–H groups in total. The minimum Gasteiger partial charge on any atom is -0.303 e. The average molecular weight is 1200 g/mol. The molecule has 442 valence electrons. The Morgan fingerprint density at radius 3 is 1.59 bits per heavy atom. The summed E-state index contributed by atoms with van der Waals surface area (Å²) in [6.07, 6.45) is 6.65. The highest BCUT2D eigenvalue weighted by atomic mass is 32.1. The number of hydrogen-bond donors (Lipinski definition) is 0. The van der Waals surface area contributed by atoms with E-state index < -0.39 is 169 Å². The summed E-state index contributed by atoms with van der Waals surface area (Å²) in [6, 6.07) is -12.2. The van der Waals surface area contributed by atoms with E-state index in [2.05, 4.69) is 0 Å². The van der Waals surface area contributed by atoms with Gasteiger partial charge in [-0.05, 0) is 263 Å². The molecule has 87 heavy (non-hydrogen) atoms. The zero-order valence-electron chi connectivity index (χ0n) is 76.6. The van der Waals surface area contributed by atoms with Gasteiger partial charge in [-0.1, -0.05) is 182 Å². The van der Waals surface area contributed by atoms with E-state index >= 15 is 0 Å². The standard InChI is InChI=1S/C82H89BN2S2/c1-76(2,3)56-25-20-52(21-26-56)53-22-28-59(29-23-53)84-68-41-58(82-46-49-36-50(47-82)38-51(37-49)48-82)42-69-73(68)83(66-45-70(86-74(66)84)55-24-30-62-63(39-55)79(9,10)33-32-78(62,7)8)72-61-43-64-65(81(13,14)35-34-80(64,11)12)44-71(61)87-75(72)85(69)67-31-27-57(77(4,5)6)40-60(67)54-18-16-15-17-19-54/h15-31,39-45,49-51H,32-38,46-48H2,1-14H3/i15D,16D,17D,18D,19D,20D,21D,22D,23D,24D,25D,26D,27D,28D,29D,30D,31D,39D,40D,41D,42D,43D,44D,45D. The van der Waals surface area contributed by atoms with Crippen molar-refractivity contribution < 1.29 is 32.9 Å². The molecule has 4 bridgehead atoms. The van der Waals surface area contributed by atoms with E-state index in [4.69, 9.17) is 1.37 Å². The monoisotopic (exact) mass is 1200 g/mol. The Morgan fingerprint density at radius 1 is 0.460 bits per heavy atom. The van der Waals surface area contributed by atoms with Gasteiger partial charge in [-0.3, -0.25) is 0 Å². The van der Waals surface area contributed by atoms with E-state index in [9.17, 15) is 31.5 Å². The van der Waals surface area contributed by atoms with Crippen LogP contribution in [0.2, 0.25) is 0 Å². The molecule has 9 aromatic rings. The Kier molecular flexibility index (Phi) is 7.82. The van der Waals surface area contributed by atoms with E-state index in [0.29, 0.717) is 67.2 Å². The van der Waals surface area contributed by atoms with Crippen LogP contribution in [0.25, 0.3) is 42.8 Å². The van der Waals surface area contributed by atoms with Gasteiger partial charge >= 0.3 is 0 Å². The second-order valence-electron chi connectivity index (χ2n) is 31.3. The van der Waals surface area contributed by atoms with Crippen LogP contribution < -0.4 is 26.2 Å². The first-order valence-electron chi connectivity index (χ1n) is 43.4. The van der Waals surface area contributed by atoms with Crippen molar-refractivity contribution in [3.63, 3.8) is 0 Å². The maximum absolute atomic E-state index is 11.7. The van der Waals surface area contributed by atoms with Crippen LogP contribution in [0.5, 0.6) is 0 Å². The molecule has 4 saturated carbocycles. The maximum atomic E-state index is 11.7. The summed E-state index contributed by atoms with van der Waals surface area (Å²) in [4.78, 5) is 2.88. The van der Waals surface area contributed by atoms with E-state index in [1.165, 1.54) is 9.80 Å². The SMILES string of the molecule is [2H]c1c([2H])c([2H])c(-c2c([2H])c(C(C)(C)C)c([2H])c([2H])c2N2c3sc4c([2H])c5c(c([2H])c4c3B3c4c(sc(-c6c([2H])c([2H])c7c(c6[2H])C(C)(C)CCC7(C)C)c4[2H])N(c4c([2H])c([2H])c(-c6c([2H])c([2H])c(C(C)(C)C)c([2H])c6[2H])c([2H])c4[2H])c4c([2H])c(C67CC8CC(CC(C8)C6)C7)c([2H])c2c43)C(C)(C)CCC5(C)C)c([2H])c1[2H]. The van der Waals surface area contributed by atoms with Crippen molar-refractivity contribution in [1.29, 1.82) is 0 Å². The smallest absolute Gasteiger partial charge is 0.255 e. The zero-order valence-corrected chi connectivity index (χ0v) is 54.2. The lowest BCUT2D eigenvalue weighted by atomic mass is 9.34. The van der Waals surface area contributed by atoms with Crippen LogP contribution in [0.15, 0.2) is 145 Å². The van der Waals surface area contributed by atoms with E-state index in [0.717, 1.165) is 41.9 Å². The van der Waals surface area contributed by atoms with Gasteiger partial charge in [-0.15, -0.1) is 22.7 Å². The molecule has 6 aliphatic carbocycles. The van der Waals surface area contributed by atoms with Crippen molar-refractivity contribution in [2.75, 3.05) is 9.80 Å². The number of nitrogens with zero attached hydrogens (tertiary/aromatic N) is 2. The summed E-state index contributed by atoms with van der Waals surface area (Å²) in [7, 11) is 0. The van der Waals surface area contributed by atoms with Crippen molar-refractivity contribution in [3.8, 4) is 32.7 Å². The van der Waals surface area contributed by atoms with Crippen LogP contribution in [0, 0.1) is 17.8 Å². The van der Waals surface area contributed by atoms with Crippen LogP contribution in [0.4, 0.5) is 32.8 Å². The second kappa shape index (κ2) is 19.0. The second-order valence-corrected chi connectivity index (χ2v) is 33.3. The van der Waals surface area contributed by atoms with E-state index in [1.54, 1.807) is 41.5 Å². The molecular formula is C82H89BN2S2. The van der Waals surface area contributed by atoms with E-state index in [-0.39, 0.29) is 147 Å². The molecule has 0 unspecified atom stereocenters. The number of fused-ring (bicyclic) bond motifs is 8. The molecule has 4 heterocycles. The topological polar surface area (TPSA) is 6.48 Å². The predicted molar refractivity (Wildman–Crippen MR) is 378 cm³/mol. The molecule has 0 saturated heterocycles. The van der Waals surface area contributed by atoms with Gasteiger partial charge in [-0.25, -0.2) is 0 Å². The molecule has 7 aromatic carbocycles. The predicted octanol–water partition coefficient (Wildman–Crippen LogP) is 21.8. The fourth-order valence-corrected chi connectivity index (χ4v) is 18.6. The van der Waals surface area contributed by atoms with Crippen LogP contribution in [-0.4, -0.2) is 6.71 Å². The highest BCUT2D eigenvalue weighted by molar-refractivity contribution is 7.28.